The number of hydrogen-bond donors (Lipinski definition) is 1. The van der Waals surface area contributed by atoms with Crippen molar-refractivity contribution in [1.82, 2.24) is 4.90 Å². The van der Waals surface area contributed by atoms with E-state index in [0.29, 0.717) is 0 Å². The van der Waals surface area contributed by atoms with Crippen molar-refractivity contribution >= 4 is 0 Å². The highest BCUT2D eigenvalue weighted by molar-refractivity contribution is 4.58. The van der Waals surface area contributed by atoms with Gasteiger partial charge < -0.3 is 11.8 Å². The van der Waals surface area contributed by atoms with Gasteiger partial charge in [-0.3, -0.25) is 0 Å². The molecule has 1 aliphatic rings. The summed E-state index contributed by atoms with van der Waals surface area (Å²) in [5, 5.41) is 0. The molecule has 4 nitrogen and oxygen atoms in total. The summed E-state index contributed by atoms with van der Waals surface area (Å²) >= 11 is -3.76. The van der Waals surface area contributed by atoms with Gasteiger partial charge in [-0.1, -0.05) is 6.42 Å². The first-order valence-electron chi connectivity index (χ1n) is 3.56. The molecule has 0 unspecified atom stereocenters. The number of rotatable bonds is 0. The highest BCUT2D eigenvalue weighted by Gasteiger charge is 2.02. The number of likely N-dealkylation sites (tertiary alicyclic amines) is 1. The van der Waals surface area contributed by atoms with Crippen molar-refractivity contribution in [3.8, 4) is 0 Å². The quantitative estimate of drug-likeness (QED) is 0.450. The second-order valence-corrected chi connectivity index (χ2v) is 3.71. The van der Waals surface area contributed by atoms with Crippen LogP contribution in [-0.2, 0) is 0 Å². The Balaban J connectivity index is 0.000000218. The SMILES string of the molecule is CN1CCCCC1.[O-][I+2]([O-])O. The molecule has 11 heavy (non-hydrogen) atoms. The summed E-state index contributed by atoms with van der Waals surface area (Å²) in [6.45, 7) is 2.64. The topological polar surface area (TPSA) is 69.6 Å². The van der Waals surface area contributed by atoms with Gasteiger partial charge in [0.05, 0.1) is 0 Å². The highest BCUT2D eigenvalue weighted by Crippen LogP contribution is 2.04. The zero-order valence-corrected chi connectivity index (χ0v) is 8.78. The van der Waals surface area contributed by atoms with Gasteiger partial charge in [0, 0.05) is 0 Å². The Morgan fingerprint density at radius 1 is 1.18 bits per heavy atom. The van der Waals surface area contributed by atoms with Crippen molar-refractivity contribution in [2.75, 3.05) is 20.1 Å². The summed E-state index contributed by atoms with van der Waals surface area (Å²) in [5.41, 5.74) is 0. The van der Waals surface area contributed by atoms with Gasteiger partial charge in [0.2, 0.25) is 0 Å². The Hall–Kier alpha value is 0.570. The van der Waals surface area contributed by atoms with Gasteiger partial charge in [0.15, 0.2) is 0 Å². The Bertz CT molecular complexity index is 83.1. The fourth-order valence-corrected chi connectivity index (χ4v) is 1.05. The summed E-state index contributed by atoms with van der Waals surface area (Å²) < 4.78 is 24.5. The standard InChI is InChI=1S/C6H13N.HIO3/c1-7-5-3-2-4-6-7;2-1(3)4/h2-6H2,1H3;2H. The predicted molar refractivity (Wildman–Crippen MR) is 33.6 cm³/mol. The summed E-state index contributed by atoms with van der Waals surface area (Å²) in [4.78, 5) is 2.39. The zero-order chi connectivity index (χ0) is 8.69. The molecule has 0 atom stereocenters. The third-order valence-electron chi connectivity index (χ3n) is 1.58. The third kappa shape index (κ3) is 10.6. The van der Waals surface area contributed by atoms with Crippen molar-refractivity contribution < 1.29 is 31.4 Å². The van der Waals surface area contributed by atoms with E-state index in [0.717, 1.165) is 0 Å². The maximum atomic E-state index is 8.68. The summed E-state index contributed by atoms with van der Waals surface area (Å²) in [5.74, 6) is 0. The summed E-state index contributed by atoms with van der Waals surface area (Å²) in [7, 11) is 2.19. The van der Waals surface area contributed by atoms with E-state index in [1.807, 2.05) is 0 Å². The molecule has 5 heteroatoms. The lowest BCUT2D eigenvalue weighted by molar-refractivity contribution is -1.63. The third-order valence-corrected chi connectivity index (χ3v) is 1.58. The molecular formula is C6H14INO3. The minimum Gasteiger partial charge on any atom is -0.396 e. The van der Waals surface area contributed by atoms with Gasteiger partial charge in [0.25, 0.3) is 0 Å². The first-order chi connectivity index (χ1) is 5.13. The summed E-state index contributed by atoms with van der Waals surface area (Å²) in [6, 6.07) is 0. The fourth-order valence-electron chi connectivity index (χ4n) is 1.05. The Morgan fingerprint density at radius 2 is 1.55 bits per heavy atom. The van der Waals surface area contributed by atoms with Crippen molar-refractivity contribution in [1.29, 1.82) is 0 Å². The van der Waals surface area contributed by atoms with Crippen LogP contribution in [0.25, 0.3) is 0 Å². The maximum absolute atomic E-state index is 8.68. The van der Waals surface area contributed by atoms with Crippen LogP contribution in [0.15, 0.2) is 0 Å². The zero-order valence-electron chi connectivity index (χ0n) is 6.62. The molecule has 1 N–H and O–H groups in total. The molecule has 0 radical (unpaired) electrons. The van der Waals surface area contributed by atoms with Crippen LogP contribution in [0.2, 0.25) is 0 Å². The smallest absolute Gasteiger partial charge is 0.396 e. The lowest BCUT2D eigenvalue weighted by atomic mass is 10.1. The Morgan fingerprint density at radius 3 is 1.73 bits per heavy atom. The van der Waals surface area contributed by atoms with Crippen LogP contribution in [0.3, 0.4) is 0 Å². The number of piperidine rings is 1. The minimum absolute atomic E-state index is 1.32. The molecule has 1 heterocycles. The van der Waals surface area contributed by atoms with E-state index in [1.165, 1.54) is 32.4 Å². The van der Waals surface area contributed by atoms with Crippen LogP contribution in [0.1, 0.15) is 19.3 Å². The minimum atomic E-state index is -3.76. The van der Waals surface area contributed by atoms with E-state index in [2.05, 4.69) is 11.9 Å². The molecule has 0 aromatic heterocycles. The van der Waals surface area contributed by atoms with Crippen LogP contribution in [0.5, 0.6) is 0 Å². The normalized spacial score (nSPS) is 19.4. The molecular weight excluding hydrogens is 261 g/mol. The van der Waals surface area contributed by atoms with Crippen LogP contribution < -0.4 is 27.9 Å². The van der Waals surface area contributed by atoms with E-state index in [-0.39, 0.29) is 0 Å². The van der Waals surface area contributed by atoms with Gasteiger partial charge in [-0.15, -0.1) is 0 Å². The van der Waals surface area contributed by atoms with Crippen LogP contribution in [0, 0.1) is 0 Å². The van der Waals surface area contributed by atoms with Crippen LogP contribution in [0.4, 0.5) is 0 Å². The molecule has 68 valence electrons. The van der Waals surface area contributed by atoms with E-state index in [1.54, 1.807) is 0 Å². The van der Waals surface area contributed by atoms with Crippen molar-refractivity contribution in [3.63, 3.8) is 0 Å². The largest absolute Gasteiger partial charge is 0.503 e. The molecule has 0 saturated carbocycles. The molecule has 1 aliphatic heterocycles. The van der Waals surface area contributed by atoms with Gasteiger partial charge >= 0.3 is 21.1 Å². The molecule has 0 bridgehead atoms. The molecule has 0 aliphatic carbocycles. The van der Waals surface area contributed by atoms with Gasteiger partial charge in [-0.25, -0.2) is 0 Å². The van der Waals surface area contributed by atoms with Crippen molar-refractivity contribution in [2.45, 2.75) is 19.3 Å². The van der Waals surface area contributed by atoms with Crippen LogP contribution >= 0.6 is 0 Å². The molecule has 0 aromatic rings. The van der Waals surface area contributed by atoms with E-state index in [9.17, 15) is 0 Å². The fraction of sp³-hybridized carbons (Fsp3) is 1.00. The van der Waals surface area contributed by atoms with E-state index >= 15 is 0 Å². The monoisotopic (exact) mass is 275 g/mol. The van der Waals surface area contributed by atoms with Gasteiger partial charge in [0.1, 0.15) is 0 Å². The Labute approximate surface area is 75.9 Å². The number of halogens is 1. The molecule has 0 amide bonds. The molecule has 1 fully saturated rings. The van der Waals surface area contributed by atoms with Gasteiger partial charge in [-0.05, 0) is 36.4 Å². The lowest BCUT2D eigenvalue weighted by Gasteiger charge is -2.20. The van der Waals surface area contributed by atoms with Gasteiger partial charge in [-0.2, -0.15) is 0 Å². The first kappa shape index (κ1) is 11.6. The second kappa shape index (κ2) is 7.23. The number of hydrogen-bond acceptors (Lipinski definition) is 4. The number of nitrogens with zero attached hydrogens (tertiary/aromatic N) is 1. The molecule has 0 aromatic carbocycles. The average molecular weight is 275 g/mol. The van der Waals surface area contributed by atoms with Crippen LogP contribution in [-0.4, -0.2) is 28.5 Å². The lowest BCUT2D eigenvalue weighted by Crippen LogP contribution is -3.98. The molecule has 1 rings (SSSR count). The average Bonchev–Trinajstić information content (AvgIpc) is 1.87. The van der Waals surface area contributed by atoms with E-state index in [4.69, 9.17) is 10.3 Å². The predicted octanol–water partition coefficient (Wildman–Crippen LogP) is -4.83. The summed E-state index contributed by atoms with van der Waals surface area (Å²) in [6.07, 6.45) is 4.28. The van der Waals surface area contributed by atoms with Crippen molar-refractivity contribution in [3.05, 3.63) is 0 Å². The first-order valence-corrected chi connectivity index (χ1v) is 6.28. The van der Waals surface area contributed by atoms with Crippen molar-refractivity contribution in [2.24, 2.45) is 0 Å². The second-order valence-electron chi connectivity index (χ2n) is 2.56. The Kier molecular flexibility index (Phi) is 7.61. The maximum Gasteiger partial charge on any atom is 0.503 e. The van der Waals surface area contributed by atoms with E-state index < -0.39 is 21.1 Å². The molecule has 0 spiro atoms. The highest BCUT2D eigenvalue weighted by atomic mass is 127. The molecule has 1 saturated heterocycles.